The Balaban J connectivity index is 1.83. The second-order valence-electron chi connectivity index (χ2n) is 4.84. The van der Waals surface area contributed by atoms with E-state index in [1.165, 1.54) is 6.08 Å². The van der Waals surface area contributed by atoms with Gasteiger partial charge < -0.3 is 0 Å². The van der Waals surface area contributed by atoms with Crippen LogP contribution in [0.1, 0.15) is 12.1 Å². The summed E-state index contributed by atoms with van der Waals surface area (Å²) in [6, 6.07) is 11.4. The van der Waals surface area contributed by atoms with Gasteiger partial charge in [-0.2, -0.15) is 0 Å². The summed E-state index contributed by atoms with van der Waals surface area (Å²) in [5, 5.41) is 1.02. The Morgan fingerprint density at radius 2 is 2.00 bits per heavy atom. The van der Waals surface area contributed by atoms with E-state index in [2.05, 4.69) is 4.98 Å². The summed E-state index contributed by atoms with van der Waals surface area (Å²) < 4.78 is 24.2. The van der Waals surface area contributed by atoms with Crippen molar-refractivity contribution in [2.45, 2.75) is 6.42 Å². The van der Waals surface area contributed by atoms with E-state index in [9.17, 15) is 13.2 Å². The molecule has 1 aromatic heterocycles. The highest BCUT2D eigenvalue weighted by atomic mass is 32.2. The number of benzene rings is 1. The molecule has 1 aliphatic rings. The smallest absolute Gasteiger partial charge is 0.260 e. The molecule has 1 amide bonds. The lowest BCUT2D eigenvalue weighted by Gasteiger charge is -2.11. The van der Waals surface area contributed by atoms with Crippen LogP contribution in [0.2, 0.25) is 0 Å². The van der Waals surface area contributed by atoms with E-state index in [0.29, 0.717) is 12.1 Å². The summed E-state index contributed by atoms with van der Waals surface area (Å²) in [7, 11) is -3.41. The van der Waals surface area contributed by atoms with Gasteiger partial charge in [0.1, 0.15) is 0 Å². The summed E-state index contributed by atoms with van der Waals surface area (Å²) in [6.45, 7) is 0.261. The Morgan fingerprint density at radius 3 is 2.76 bits per heavy atom. The van der Waals surface area contributed by atoms with Gasteiger partial charge in [0.25, 0.3) is 5.91 Å². The van der Waals surface area contributed by atoms with Gasteiger partial charge in [-0.05, 0) is 24.6 Å². The standard InChI is InChI=1S/C15H14N2O3S/c18-15(17-10-3-11-21(17,19)20)9-8-13-7-6-12-4-1-2-5-14(12)16-13/h1-2,4-9H,3,10-11H2. The number of amides is 1. The van der Waals surface area contributed by atoms with Crippen molar-refractivity contribution < 1.29 is 13.2 Å². The molecule has 0 radical (unpaired) electrons. The van der Waals surface area contributed by atoms with Crippen molar-refractivity contribution in [3.63, 3.8) is 0 Å². The molecule has 0 atom stereocenters. The topological polar surface area (TPSA) is 67.3 Å². The summed E-state index contributed by atoms with van der Waals surface area (Å²) in [6.07, 6.45) is 3.30. The molecule has 0 N–H and O–H groups in total. The normalized spacial score (nSPS) is 17.6. The lowest BCUT2D eigenvalue weighted by atomic mass is 10.2. The van der Waals surface area contributed by atoms with Gasteiger partial charge in [-0.15, -0.1) is 0 Å². The van der Waals surface area contributed by atoms with E-state index in [4.69, 9.17) is 0 Å². The third-order valence-electron chi connectivity index (χ3n) is 3.36. The van der Waals surface area contributed by atoms with Crippen molar-refractivity contribution in [3.8, 4) is 0 Å². The van der Waals surface area contributed by atoms with Crippen molar-refractivity contribution >= 4 is 32.9 Å². The molecule has 0 spiro atoms. The first kappa shape index (κ1) is 13.8. The van der Waals surface area contributed by atoms with Gasteiger partial charge >= 0.3 is 0 Å². The molecule has 1 aliphatic heterocycles. The number of fused-ring (bicyclic) bond motifs is 1. The summed E-state index contributed by atoms with van der Waals surface area (Å²) in [4.78, 5) is 16.3. The number of hydrogen-bond donors (Lipinski definition) is 0. The molecule has 0 saturated carbocycles. The first-order valence-corrected chi connectivity index (χ1v) is 8.25. The van der Waals surface area contributed by atoms with E-state index >= 15 is 0 Å². The third-order valence-corrected chi connectivity index (χ3v) is 5.20. The molecule has 1 saturated heterocycles. The molecule has 2 heterocycles. The molecular weight excluding hydrogens is 288 g/mol. The van der Waals surface area contributed by atoms with E-state index in [1.54, 1.807) is 12.1 Å². The Hall–Kier alpha value is -2.21. The van der Waals surface area contributed by atoms with E-state index in [0.717, 1.165) is 15.2 Å². The summed E-state index contributed by atoms with van der Waals surface area (Å²) >= 11 is 0. The number of carbonyl (C=O) groups excluding carboxylic acids is 1. The monoisotopic (exact) mass is 302 g/mol. The van der Waals surface area contributed by atoms with Crippen molar-refractivity contribution in [2.75, 3.05) is 12.3 Å². The molecule has 1 aromatic carbocycles. The maximum atomic E-state index is 11.9. The first-order valence-electron chi connectivity index (χ1n) is 6.64. The van der Waals surface area contributed by atoms with Crippen LogP contribution in [0.15, 0.2) is 42.5 Å². The molecular formula is C15H14N2O3S. The highest BCUT2D eigenvalue weighted by Gasteiger charge is 2.30. The van der Waals surface area contributed by atoms with Crippen LogP contribution in [-0.4, -0.2) is 35.9 Å². The predicted octanol–water partition coefficient (Wildman–Crippen LogP) is 1.81. The number of para-hydroxylation sites is 1. The lowest BCUT2D eigenvalue weighted by molar-refractivity contribution is -0.121. The van der Waals surface area contributed by atoms with E-state index in [-0.39, 0.29) is 12.3 Å². The molecule has 2 aromatic rings. The highest BCUT2D eigenvalue weighted by Crippen LogP contribution is 2.15. The highest BCUT2D eigenvalue weighted by molar-refractivity contribution is 7.89. The average molecular weight is 302 g/mol. The number of rotatable bonds is 2. The van der Waals surface area contributed by atoms with E-state index < -0.39 is 15.9 Å². The maximum Gasteiger partial charge on any atom is 0.260 e. The quantitative estimate of drug-likeness (QED) is 0.794. The van der Waals surface area contributed by atoms with Crippen LogP contribution in [0.3, 0.4) is 0 Å². The van der Waals surface area contributed by atoms with Gasteiger partial charge in [-0.1, -0.05) is 24.3 Å². The Kier molecular flexibility index (Phi) is 3.47. The fraction of sp³-hybridized carbons (Fsp3) is 0.200. The number of nitrogens with zero attached hydrogens (tertiary/aromatic N) is 2. The first-order chi connectivity index (χ1) is 10.1. The van der Waals surface area contributed by atoms with Crippen LogP contribution in [0.25, 0.3) is 17.0 Å². The van der Waals surface area contributed by atoms with Crippen LogP contribution < -0.4 is 0 Å². The largest absolute Gasteiger partial charge is 0.269 e. The lowest BCUT2D eigenvalue weighted by Crippen LogP contribution is -2.30. The zero-order valence-corrected chi connectivity index (χ0v) is 12.1. The average Bonchev–Trinajstić information content (AvgIpc) is 2.84. The molecule has 0 unspecified atom stereocenters. The predicted molar refractivity (Wildman–Crippen MR) is 80.9 cm³/mol. The number of sulfonamides is 1. The molecule has 108 valence electrons. The van der Waals surface area contributed by atoms with Crippen LogP contribution in [-0.2, 0) is 14.8 Å². The van der Waals surface area contributed by atoms with Gasteiger partial charge in [0.2, 0.25) is 10.0 Å². The zero-order chi connectivity index (χ0) is 14.9. The van der Waals surface area contributed by atoms with Gasteiger partial charge in [0.15, 0.2) is 0 Å². The maximum absolute atomic E-state index is 11.9. The molecule has 1 fully saturated rings. The molecule has 21 heavy (non-hydrogen) atoms. The molecule has 0 bridgehead atoms. The van der Waals surface area contributed by atoms with Gasteiger partial charge in [-0.25, -0.2) is 17.7 Å². The molecule has 5 nitrogen and oxygen atoms in total. The van der Waals surface area contributed by atoms with Crippen LogP contribution in [0, 0.1) is 0 Å². The molecule has 6 heteroatoms. The van der Waals surface area contributed by atoms with Crippen LogP contribution >= 0.6 is 0 Å². The van der Waals surface area contributed by atoms with Crippen molar-refractivity contribution in [2.24, 2.45) is 0 Å². The number of carbonyl (C=O) groups is 1. The van der Waals surface area contributed by atoms with Gasteiger partial charge in [-0.3, -0.25) is 4.79 Å². The minimum atomic E-state index is -3.41. The van der Waals surface area contributed by atoms with Gasteiger partial charge in [0.05, 0.1) is 17.0 Å². The Labute approximate surface area is 123 Å². The number of hydrogen-bond acceptors (Lipinski definition) is 4. The zero-order valence-electron chi connectivity index (χ0n) is 11.3. The number of pyridine rings is 1. The SMILES string of the molecule is O=C(C=Cc1ccc2ccccc2n1)N1CCCS1(=O)=O. The summed E-state index contributed by atoms with van der Waals surface area (Å²) in [5.41, 5.74) is 1.46. The van der Waals surface area contributed by atoms with Gasteiger partial charge in [0, 0.05) is 18.0 Å². The molecule has 0 aliphatic carbocycles. The summed E-state index contributed by atoms with van der Waals surface area (Å²) in [5.74, 6) is -0.469. The van der Waals surface area contributed by atoms with Crippen LogP contribution in [0.4, 0.5) is 0 Å². The number of aromatic nitrogens is 1. The third kappa shape index (κ3) is 2.80. The Morgan fingerprint density at radius 1 is 1.19 bits per heavy atom. The minimum Gasteiger partial charge on any atom is -0.269 e. The van der Waals surface area contributed by atoms with Crippen molar-refractivity contribution in [1.29, 1.82) is 0 Å². The molecule has 3 rings (SSSR count). The minimum absolute atomic E-state index is 0.0425. The van der Waals surface area contributed by atoms with Crippen molar-refractivity contribution in [3.05, 3.63) is 48.2 Å². The van der Waals surface area contributed by atoms with Crippen molar-refractivity contribution in [1.82, 2.24) is 9.29 Å². The van der Waals surface area contributed by atoms with E-state index in [1.807, 2.05) is 30.3 Å². The fourth-order valence-electron chi connectivity index (χ4n) is 2.30. The second-order valence-corrected chi connectivity index (χ2v) is 6.85. The second kappa shape index (κ2) is 5.29. The van der Waals surface area contributed by atoms with Crippen LogP contribution in [0.5, 0.6) is 0 Å². The Bertz CT molecular complexity index is 828. The fourth-order valence-corrected chi connectivity index (χ4v) is 3.76.